The van der Waals surface area contributed by atoms with Crippen molar-refractivity contribution in [3.8, 4) is 0 Å². The summed E-state index contributed by atoms with van der Waals surface area (Å²) in [6.45, 7) is 0.743. The van der Waals surface area contributed by atoms with Crippen LogP contribution in [-0.4, -0.2) is 17.8 Å². The Kier molecular flexibility index (Phi) is 6.05. The second-order valence-electron chi connectivity index (χ2n) is 4.69. The van der Waals surface area contributed by atoms with Gasteiger partial charge in [0.05, 0.1) is 6.61 Å². The fourth-order valence-electron chi connectivity index (χ4n) is 2.02. The highest BCUT2D eigenvalue weighted by atomic mass is 79.9. The molecule has 2 aromatic rings. The summed E-state index contributed by atoms with van der Waals surface area (Å²) in [5, 5.41) is 13.5. The molecule has 2 N–H and O–H groups in total. The maximum Gasteiger partial charge on any atom is 0.0587 e. The van der Waals surface area contributed by atoms with E-state index in [0.29, 0.717) is 6.54 Å². The van der Waals surface area contributed by atoms with E-state index >= 15 is 0 Å². The van der Waals surface area contributed by atoms with E-state index < -0.39 is 0 Å². The minimum Gasteiger partial charge on any atom is -0.395 e. The molecule has 0 aliphatic rings. The van der Waals surface area contributed by atoms with Gasteiger partial charge >= 0.3 is 0 Å². The lowest BCUT2D eigenvalue weighted by molar-refractivity contribution is 0.241. The molecule has 2 aromatic carbocycles. The molecule has 0 radical (unpaired) electrons. The van der Waals surface area contributed by atoms with Gasteiger partial charge in [-0.05, 0) is 29.7 Å². The fourth-order valence-corrected chi connectivity index (χ4v) is 2.76. The molecule has 0 aliphatic carbocycles. The molecule has 1 atom stereocenters. The van der Waals surface area contributed by atoms with Gasteiger partial charge in [0, 0.05) is 22.1 Å². The molecular formula is C16H17BrClNO. The van der Waals surface area contributed by atoms with Crippen LogP contribution in [0.15, 0.2) is 53.0 Å². The highest BCUT2D eigenvalue weighted by Gasteiger charge is 2.09. The van der Waals surface area contributed by atoms with Gasteiger partial charge in [0.25, 0.3) is 0 Å². The molecule has 0 spiro atoms. The van der Waals surface area contributed by atoms with E-state index in [4.69, 9.17) is 11.6 Å². The lowest BCUT2D eigenvalue weighted by Crippen LogP contribution is -2.34. The number of rotatable bonds is 6. The molecule has 2 nitrogen and oxygen atoms in total. The van der Waals surface area contributed by atoms with Crippen molar-refractivity contribution in [1.82, 2.24) is 5.32 Å². The van der Waals surface area contributed by atoms with Crippen LogP contribution in [0.4, 0.5) is 0 Å². The summed E-state index contributed by atoms with van der Waals surface area (Å²) < 4.78 is 0.967. The molecule has 0 fully saturated rings. The summed E-state index contributed by atoms with van der Waals surface area (Å²) >= 11 is 9.57. The quantitative estimate of drug-likeness (QED) is 0.827. The van der Waals surface area contributed by atoms with E-state index in [1.165, 1.54) is 5.56 Å². The van der Waals surface area contributed by atoms with Crippen LogP contribution in [0.25, 0.3) is 0 Å². The minimum atomic E-state index is 0.0251. The third-order valence-corrected chi connectivity index (χ3v) is 3.99. The monoisotopic (exact) mass is 353 g/mol. The van der Waals surface area contributed by atoms with E-state index in [-0.39, 0.29) is 12.6 Å². The average molecular weight is 355 g/mol. The van der Waals surface area contributed by atoms with Crippen molar-refractivity contribution in [1.29, 1.82) is 0 Å². The van der Waals surface area contributed by atoms with Gasteiger partial charge in [-0.25, -0.2) is 0 Å². The van der Waals surface area contributed by atoms with Crippen LogP contribution in [0.3, 0.4) is 0 Å². The number of hydrogen-bond acceptors (Lipinski definition) is 2. The molecule has 0 saturated carbocycles. The first-order chi connectivity index (χ1) is 9.69. The fraction of sp³-hybridized carbons (Fsp3) is 0.250. The van der Waals surface area contributed by atoms with Crippen LogP contribution in [-0.2, 0) is 13.0 Å². The summed E-state index contributed by atoms with van der Waals surface area (Å²) in [6.07, 6.45) is 0.797. The molecular weight excluding hydrogens is 338 g/mol. The number of aliphatic hydroxyl groups excluding tert-OH is 1. The number of aliphatic hydroxyl groups is 1. The molecule has 4 heteroatoms. The van der Waals surface area contributed by atoms with Gasteiger partial charge in [-0.1, -0.05) is 63.9 Å². The molecule has 106 valence electrons. The largest absolute Gasteiger partial charge is 0.395 e. The average Bonchev–Trinajstić information content (AvgIpc) is 2.46. The smallest absolute Gasteiger partial charge is 0.0587 e. The van der Waals surface area contributed by atoms with Gasteiger partial charge in [-0.15, -0.1) is 0 Å². The lowest BCUT2D eigenvalue weighted by atomic mass is 10.1. The van der Waals surface area contributed by atoms with Crippen LogP contribution in [0, 0.1) is 0 Å². The molecule has 0 aliphatic heterocycles. The normalized spacial score (nSPS) is 12.3. The summed E-state index contributed by atoms with van der Waals surface area (Å²) in [5.41, 5.74) is 2.24. The Bertz CT molecular complexity index is 547. The van der Waals surface area contributed by atoms with Crippen LogP contribution >= 0.6 is 27.5 Å². The predicted molar refractivity (Wildman–Crippen MR) is 87.0 cm³/mol. The number of benzene rings is 2. The summed E-state index contributed by atoms with van der Waals surface area (Å²) in [5.74, 6) is 0. The molecule has 0 heterocycles. The molecule has 0 unspecified atom stereocenters. The first-order valence-corrected chi connectivity index (χ1v) is 7.68. The second-order valence-corrected chi connectivity index (χ2v) is 6.01. The van der Waals surface area contributed by atoms with Crippen molar-refractivity contribution < 1.29 is 5.11 Å². The zero-order valence-electron chi connectivity index (χ0n) is 11.0. The Balaban J connectivity index is 1.93. The Hall–Kier alpha value is -0.870. The van der Waals surface area contributed by atoms with Crippen molar-refractivity contribution in [3.63, 3.8) is 0 Å². The Morgan fingerprint density at radius 1 is 1.15 bits per heavy atom. The van der Waals surface area contributed by atoms with Crippen molar-refractivity contribution in [2.45, 2.75) is 19.0 Å². The summed E-state index contributed by atoms with van der Waals surface area (Å²) in [7, 11) is 0. The lowest BCUT2D eigenvalue weighted by Gasteiger charge is -2.17. The van der Waals surface area contributed by atoms with E-state index in [0.717, 1.165) is 21.5 Å². The first-order valence-electron chi connectivity index (χ1n) is 6.51. The number of halogens is 2. The van der Waals surface area contributed by atoms with Crippen LogP contribution < -0.4 is 5.32 Å². The van der Waals surface area contributed by atoms with Gasteiger partial charge in [0.15, 0.2) is 0 Å². The maximum atomic E-state index is 9.48. The third-order valence-electron chi connectivity index (χ3n) is 3.14. The van der Waals surface area contributed by atoms with Crippen LogP contribution in [0.2, 0.25) is 5.02 Å². The van der Waals surface area contributed by atoms with E-state index in [1.807, 2.05) is 36.4 Å². The van der Waals surface area contributed by atoms with Crippen molar-refractivity contribution in [2.24, 2.45) is 0 Å². The Morgan fingerprint density at radius 2 is 1.90 bits per heavy atom. The van der Waals surface area contributed by atoms with E-state index in [2.05, 4.69) is 33.4 Å². The van der Waals surface area contributed by atoms with Crippen molar-refractivity contribution >= 4 is 27.5 Å². The van der Waals surface area contributed by atoms with E-state index in [9.17, 15) is 5.11 Å². The standard InChI is InChI=1S/C16H17BrClNO/c17-14-7-6-13(16(18)9-14)10-19-15(11-20)8-12-4-2-1-3-5-12/h1-7,9,15,19-20H,8,10-11H2/t15-/m1/s1. The predicted octanol–water partition coefficient (Wildman–Crippen LogP) is 3.80. The first kappa shape index (κ1) is 15.5. The number of nitrogens with one attached hydrogen (secondary N) is 1. The second kappa shape index (κ2) is 7.79. The Labute approximate surface area is 132 Å². The third kappa shape index (κ3) is 4.60. The Morgan fingerprint density at radius 3 is 2.55 bits per heavy atom. The molecule has 0 amide bonds. The molecule has 0 saturated heterocycles. The van der Waals surface area contributed by atoms with Gasteiger partial charge in [0.2, 0.25) is 0 Å². The highest BCUT2D eigenvalue weighted by Crippen LogP contribution is 2.21. The van der Waals surface area contributed by atoms with Gasteiger partial charge in [0.1, 0.15) is 0 Å². The van der Waals surface area contributed by atoms with Gasteiger partial charge < -0.3 is 10.4 Å². The SMILES string of the molecule is OC[C@@H](Cc1ccccc1)NCc1ccc(Br)cc1Cl. The number of hydrogen-bond donors (Lipinski definition) is 2. The van der Waals surface area contributed by atoms with Crippen molar-refractivity contribution in [2.75, 3.05) is 6.61 Å². The highest BCUT2D eigenvalue weighted by molar-refractivity contribution is 9.10. The summed E-state index contributed by atoms with van der Waals surface area (Å²) in [4.78, 5) is 0. The molecule has 0 bridgehead atoms. The topological polar surface area (TPSA) is 32.3 Å². The maximum absolute atomic E-state index is 9.48. The van der Waals surface area contributed by atoms with Gasteiger partial charge in [-0.3, -0.25) is 0 Å². The molecule has 2 rings (SSSR count). The van der Waals surface area contributed by atoms with Crippen LogP contribution in [0.5, 0.6) is 0 Å². The minimum absolute atomic E-state index is 0.0251. The van der Waals surface area contributed by atoms with Crippen LogP contribution in [0.1, 0.15) is 11.1 Å². The molecule has 20 heavy (non-hydrogen) atoms. The van der Waals surface area contributed by atoms with Crippen molar-refractivity contribution in [3.05, 3.63) is 69.2 Å². The van der Waals surface area contributed by atoms with Gasteiger partial charge in [-0.2, -0.15) is 0 Å². The summed E-state index contributed by atoms with van der Waals surface area (Å²) in [6, 6.07) is 16.0. The van der Waals surface area contributed by atoms with E-state index in [1.54, 1.807) is 0 Å². The zero-order valence-corrected chi connectivity index (χ0v) is 13.4. The molecule has 0 aromatic heterocycles. The zero-order chi connectivity index (χ0) is 14.4.